The lowest BCUT2D eigenvalue weighted by Gasteiger charge is -2.32. The molecule has 2 rings (SSSR count). The van der Waals surface area contributed by atoms with Crippen molar-refractivity contribution >= 4 is 39.1 Å². The van der Waals surface area contributed by atoms with Crippen LogP contribution in [0.5, 0.6) is 0 Å². The van der Waals surface area contributed by atoms with Gasteiger partial charge in [0.05, 0.1) is 11.9 Å². The average Bonchev–Trinajstić information content (AvgIpc) is 2.76. The second-order valence-corrected chi connectivity index (χ2v) is 9.96. The number of anilines is 1. The largest absolute Gasteiger partial charge is 0.354 e. The number of amides is 2. The first kappa shape index (κ1) is 26.6. The summed E-state index contributed by atoms with van der Waals surface area (Å²) in [6, 6.07) is 11.0. The topological polar surface area (TPSA) is 86.8 Å². The average molecular weight is 498 g/mol. The highest BCUT2D eigenvalue weighted by atomic mass is 35.5. The summed E-state index contributed by atoms with van der Waals surface area (Å²) in [6.45, 7) is 3.65. The Labute approximate surface area is 199 Å². The molecule has 0 aliphatic rings. The molecule has 0 saturated heterocycles. The lowest BCUT2D eigenvalue weighted by Crippen LogP contribution is -2.52. The molecule has 2 amide bonds. The fraction of sp³-hybridized carbons (Fsp3) is 0.391. The van der Waals surface area contributed by atoms with E-state index in [1.165, 1.54) is 23.1 Å². The van der Waals surface area contributed by atoms with Crippen molar-refractivity contribution in [3.63, 3.8) is 0 Å². The highest BCUT2D eigenvalue weighted by Gasteiger charge is 2.31. The third-order valence-electron chi connectivity index (χ3n) is 4.98. The molecule has 1 atom stereocenters. The van der Waals surface area contributed by atoms with Crippen LogP contribution in [0.25, 0.3) is 0 Å². The van der Waals surface area contributed by atoms with Crippen molar-refractivity contribution in [1.82, 2.24) is 10.2 Å². The molecule has 7 nitrogen and oxygen atoms in total. The quantitative estimate of drug-likeness (QED) is 0.514. The molecule has 0 bridgehead atoms. The lowest BCUT2D eigenvalue weighted by atomic mass is 10.1. The minimum atomic E-state index is -3.91. The van der Waals surface area contributed by atoms with Gasteiger partial charge in [0.2, 0.25) is 21.8 Å². The Morgan fingerprint density at radius 1 is 1.12 bits per heavy atom. The molecule has 10 heteroatoms. The van der Waals surface area contributed by atoms with Crippen molar-refractivity contribution in [1.29, 1.82) is 0 Å². The van der Waals surface area contributed by atoms with Crippen LogP contribution in [0, 0.1) is 5.82 Å². The molecule has 180 valence electrons. The van der Waals surface area contributed by atoms with Crippen molar-refractivity contribution < 1.29 is 22.4 Å². The van der Waals surface area contributed by atoms with Crippen LogP contribution in [0.4, 0.5) is 10.1 Å². The van der Waals surface area contributed by atoms with Gasteiger partial charge in [-0.2, -0.15) is 0 Å². The summed E-state index contributed by atoms with van der Waals surface area (Å²) in [5.74, 6) is -1.53. The zero-order valence-corrected chi connectivity index (χ0v) is 20.5. The van der Waals surface area contributed by atoms with Crippen LogP contribution in [0.2, 0.25) is 5.02 Å². The number of sulfonamides is 1. The molecular weight excluding hydrogens is 469 g/mol. The number of carbonyl (C=O) groups is 2. The normalized spacial score (nSPS) is 12.2. The fourth-order valence-corrected chi connectivity index (χ4v) is 4.28. The smallest absolute Gasteiger partial charge is 0.244 e. The summed E-state index contributed by atoms with van der Waals surface area (Å²) in [5.41, 5.74) is 0.756. The second kappa shape index (κ2) is 12.0. The molecule has 2 aromatic rings. The van der Waals surface area contributed by atoms with Crippen LogP contribution in [0.15, 0.2) is 48.5 Å². The Morgan fingerprint density at radius 2 is 1.79 bits per heavy atom. The van der Waals surface area contributed by atoms with E-state index in [0.29, 0.717) is 18.0 Å². The zero-order valence-electron chi connectivity index (χ0n) is 18.9. The molecule has 0 spiro atoms. The van der Waals surface area contributed by atoms with Crippen molar-refractivity contribution in [2.75, 3.05) is 23.7 Å². The van der Waals surface area contributed by atoms with Gasteiger partial charge in [-0.15, -0.1) is 0 Å². The SMILES string of the molecule is CCCNC(=O)[C@H](CC)N(Cc1ccc(Cl)cc1)C(=O)CN(c1cccc(F)c1)S(C)(=O)=O. The van der Waals surface area contributed by atoms with Gasteiger partial charge in [-0.05, 0) is 48.7 Å². The standard InChI is InChI=1S/C23H29ClFN3O4S/c1-4-13-26-23(30)21(5-2)27(15-17-9-11-18(24)12-10-17)22(29)16-28(33(3,31)32)20-8-6-7-19(25)14-20/h6-12,14,21H,4-5,13,15-16H2,1-3H3,(H,26,30)/t21-/m0/s1. The Kier molecular flexibility index (Phi) is 9.67. The summed E-state index contributed by atoms with van der Waals surface area (Å²) in [7, 11) is -3.91. The third-order valence-corrected chi connectivity index (χ3v) is 6.37. The van der Waals surface area contributed by atoms with E-state index in [4.69, 9.17) is 11.6 Å². The zero-order chi connectivity index (χ0) is 24.6. The van der Waals surface area contributed by atoms with E-state index in [-0.39, 0.29) is 18.1 Å². The Hall–Kier alpha value is -2.65. The summed E-state index contributed by atoms with van der Waals surface area (Å²) >= 11 is 5.96. The molecule has 1 N–H and O–H groups in total. The van der Waals surface area contributed by atoms with Gasteiger partial charge in [0, 0.05) is 18.1 Å². The maximum atomic E-state index is 13.8. The van der Waals surface area contributed by atoms with Gasteiger partial charge in [-0.1, -0.05) is 43.6 Å². The van der Waals surface area contributed by atoms with Crippen LogP contribution < -0.4 is 9.62 Å². The molecule has 0 unspecified atom stereocenters. The summed E-state index contributed by atoms with van der Waals surface area (Å²) in [6.07, 6.45) is 2.00. The molecule has 0 fully saturated rings. The first-order valence-electron chi connectivity index (χ1n) is 10.6. The van der Waals surface area contributed by atoms with Crippen molar-refractivity contribution in [2.24, 2.45) is 0 Å². The first-order chi connectivity index (χ1) is 15.6. The van der Waals surface area contributed by atoms with Crippen LogP contribution in [0.1, 0.15) is 32.3 Å². The maximum absolute atomic E-state index is 13.8. The summed E-state index contributed by atoms with van der Waals surface area (Å²) < 4.78 is 39.5. The van der Waals surface area contributed by atoms with Gasteiger partial charge in [-0.3, -0.25) is 13.9 Å². The Morgan fingerprint density at radius 3 is 2.33 bits per heavy atom. The third kappa shape index (κ3) is 7.71. The molecule has 0 saturated carbocycles. The number of benzene rings is 2. The molecule has 0 radical (unpaired) electrons. The number of rotatable bonds is 11. The van der Waals surface area contributed by atoms with Gasteiger partial charge in [-0.25, -0.2) is 12.8 Å². The Bertz CT molecular complexity index is 1060. The molecular formula is C23H29ClFN3O4S. The van der Waals surface area contributed by atoms with Crippen molar-refractivity contribution in [3.05, 3.63) is 64.9 Å². The van der Waals surface area contributed by atoms with E-state index in [0.717, 1.165) is 28.6 Å². The van der Waals surface area contributed by atoms with Crippen LogP contribution >= 0.6 is 11.6 Å². The van der Waals surface area contributed by atoms with Gasteiger partial charge >= 0.3 is 0 Å². The van der Waals surface area contributed by atoms with Crippen LogP contribution in [-0.4, -0.2) is 50.5 Å². The fourth-order valence-electron chi connectivity index (χ4n) is 3.32. The molecule has 2 aromatic carbocycles. The highest BCUT2D eigenvalue weighted by Crippen LogP contribution is 2.21. The maximum Gasteiger partial charge on any atom is 0.244 e. The van der Waals surface area contributed by atoms with Gasteiger partial charge < -0.3 is 10.2 Å². The first-order valence-corrected chi connectivity index (χ1v) is 12.8. The van der Waals surface area contributed by atoms with Crippen molar-refractivity contribution in [2.45, 2.75) is 39.3 Å². The van der Waals surface area contributed by atoms with E-state index in [2.05, 4.69) is 5.32 Å². The van der Waals surface area contributed by atoms with E-state index in [9.17, 15) is 22.4 Å². The van der Waals surface area contributed by atoms with E-state index >= 15 is 0 Å². The van der Waals surface area contributed by atoms with Gasteiger partial charge in [0.25, 0.3) is 0 Å². The predicted octanol–water partition coefficient (Wildman–Crippen LogP) is 3.58. The molecule has 0 aliphatic heterocycles. The number of hydrogen-bond donors (Lipinski definition) is 1. The van der Waals surface area contributed by atoms with Crippen molar-refractivity contribution in [3.8, 4) is 0 Å². The van der Waals surface area contributed by atoms with E-state index in [1.54, 1.807) is 31.2 Å². The van der Waals surface area contributed by atoms with E-state index in [1.807, 2.05) is 6.92 Å². The van der Waals surface area contributed by atoms with Crippen LogP contribution in [0.3, 0.4) is 0 Å². The molecule has 0 heterocycles. The summed E-state index contributed by atoms with van der Waals surface area (Å²) in [4.78, 5) is 27.6. The minimum absolute atomic E-state index is 0.0285. The number of hydrogen-bond acceptors (Lipinski definition) is 4. The minimum Gasteiger partial charge on any atom is -0.354 e. The van der Waals surface area contributed by atoms with E-state index < -0.39 is 34.3 Å². The molecule has 33 heavy (non-hydrogen) atoms. The van der Waals surface area contributed by atoms with Gasteiger partial charge in [0.15, 0.2) is 0 Å². The summed E-state index contributed by atoms with van der Waals surface area (Å²) in [5, 5.41) is 3.33. The Balaban J connectivity index is 2.41. The predicted molar refractivity (Wildman–Crippen MR) is 128 cm³/mol. The number of halogens is 2. The lowest BCUT2D eigenvalue weighted by molar-refractivity contribution is -0.140. The molecule has 0 aliphatic carbocycles. The molecule has 0 aromatic heterocycles. The van der Waals surface area contributed by atoms with Gasteiger partial charge in [0.1, 0.15) is 18.4 Å². The number of nitrogens with one attached hydrogen (secondary N) is 1. The second-order valence-electron chi connectivity index (χ2n) is 7.61. The number of carbonyl (C=O) groups excluding carboxylic acids is 2. The highest BCUT2D eigenvalue weighted by molar-refractivity contribution is 7.92. The monoisotopic (exact) mass is 497 g/mol. The van der Waals surface area contributed by atoms with Crippen LogP contribution in [-0.2, 0) is 26.2 Å². The number of nitrogens with zero attached hydrogens (tertiary/aromatic N) is 2.